The Morgan fingerprint density at radius 2 is 1.96 bits per heavy atom. The van der Waals surface area contributed by atoms with E-state index in [1.807, 2.05) is 31.2 Å². The van der Waals surface area contributed by atoms with E-state index in [0.717, 1.165) is 28.9 Å². The van der Waals surface area contributed by atoms with Gasteiger partial charge in [-0.2, -0.15) is 0 Å². The Balaban J connectivity index is 1.61. The average Bonchev–Trinajstić information content (AvgIpc) is 3.32. The molecular weight excluding hydrogens is 294 g/mol. The molecule has 0 atom stereocenters. The standard InChI is InChI=1S/C17H21N3O3/c1-12-5-3-4-6-13(12)9-18(2)15(21)10-20-16(22)11-19(17(20)23)14-7-8-14/h3-6,14H,7-11H2,1-2H3. The molecule has 6 heteroatoms. The molecule has 23 heavy (non-hydrogen) atoms. The van der Waals surface area contributed by atoms with Crippen molar-refractivity contribution in [1.82, 2.24) is 14.7 Å². The van der Waals surface area contributed by atoms with Crippen LogP contribution in [0.4, 0.5) is 4.79 Å². The molecule has 1 saturated carbocycles. The minimum atomic E-state index is -0.324. The monoisotopic (exact) mass is 315 g/mol. The van der Waals surface area contributed by atoms with E-state index in [-0.39, 0.29) is 37.0 Å². The van der Waals surface area contributed by atoms with Crippen LogP contribution < -0.4 is 0 Å². The largest absolute Gasteiger partial charge is 0.340 e. The normalized spacial score (nSPS) is 17.8. The third-order valence-corrected chi connectivity index (χ3v) is 4.46. The lowest BCUT2D eigenvalue weighted by molar-refractivity contribution is -0.136. The fourth-order valence-corrected chi connectivity index (χ4v) is 2.77. The lowest BCUT2D eigenvalue weighted by Gasteiger charge is -2.22. The van der Waals surface area contributed by atoms with Crippen molar-refractivity contribution in [3.05, 3.63) is 35.4 Å². The van der Waals surface area contributed by atoms with Gasteiger partial charge in [-0.1, -0.05) is 24.3 Å². The summed E-state index contributed by atoms with van der Waals surface area (Å²) in [7, 11) is 1.69. The van der Waals surface area contributed by atoms with Crippen molar-refractivity contribution in [2.75, 3.05) is 20.1 Å². The molecule has 0 bridgehead atoms. The number of amides is 4. The first kappa shape index (κ1) is 15.5. The molecular formula is C17H21N3O3. The highest BCUT2D eigenvalue weighted by atomic mass is 16.2. The number of hydrogen-bond acceptors (Lipinski definition) is 3. The first-order valence-electron chi connectivity index (χ1n) is 7.87. The Bertz CT molecular complexity index is 654. The number of aryl methyl sites for hydroxylation is 1. The number of carbonyl (C=O) groups excluding carboxylic acids is 3. The SMILES string of the molecule is Cc1ccccc1CN(C)C(=O)CN1C(=O)CN(C2CC2)C1=O. The molecule has 1 saturated heterocycles. The van der Waals surface area contributed by atoms with Gasteiger partial charge in [0, 0.05) is 19.6 Å². The zero-order valence-corrected chi connectivity index (χ0v) is 13.5. The predicted molar refractivity (Wildman–Crippen MR) is 84.5 cm³/mol. The van der Waals surface area contributed by atoms with Crippen LogP contribution in [0, 0.1) is 6.92 Å². The summed E-state index contributed by atoms with van der Waals surface area (Å²) >= 11 is 0. The first-order chi connectivity index (χ1) is 11.0. The zero-order chi connectivity index (χ0) is 16.6. The van der Waals surface area contributed by atoms with Crippen molar-refractivity contribution in [2.45, 2.75) is 32.4 Å². The number of urea groups is 1. The molecule has 0 N–H and O–H groups in total. The van der Waals surface area contributed by atoms with Crippen LogP contribution in [-0.4, -0.2) is 58.7 Å². The van der Waals surface area contributed by atoms with Crippen LogP contribution in [-0.2, 0) is 16.1 Å². The Hall–Kier alpha value is -2.37. The average molecular weight is 315 g/mol. The third kappa shape index (κ3) is 3.21. The topological polar surface area (TPSA) is 60.9 Å². The summed E-state index contributed by atoms with van der Waals surface area (Å²) in [4.78, 5) is 40.8. The Morgan fingerprint density at radius 1 is 1.26 bits per heavy atom. The van der Waals surface area contributed by atoms with Crippen molar-refractivity contribution in [1.29, 1.82) is 0 Å². The summed E-state index contributed by atoms with van der Waals surface area (Å²) in [6, 6.07) is 7.72. The second-order valence-corrected chi connectivity index (χ2v) is 6.30. The Morgan fingerprint density at radius 3 is 2.61 bits per heavy atom. The number of benzene rings is 1. The van der Waals surface area contributed by atoms with Gasteiger partial charge >= 0.3 is 6.03 Å². The summed E-state index contributed by atoms with van der Waals surface area (Å²) in [6.45, 7) is 2.39. The van der Waals surface area contributed by atoms with Gasteiger partial charge < -0.3 is 9.80 Å². The van der Waals surface area contributed by atoms with Crippen LogP contribution >= 0.6 is 0 Å². The quantitative estimate of drug-likeness (QED) is 0.771. The smallest absolute Gasteiger partial charge is 0.327 e. The highest BCUT2D eigenvalue weighted by Crippen LogP contribution is 2.30. The minimum absolute atomic E-state index is 0.109. The minimum Gasteiger partial charge on any atom is -0.340 e. The van der Waals surface area contributed by atoms with Gasteiger partial charge in [0.1, 0.15) is 13.1 Å². The van der Waals surface area contributed by atoms with Crippen LogP contribution in [0.2, 0.25) is 0 Å². The third-order valence-electron chi connectivity index (χ3n) is 4.46. The lowest BCUT2D eigenvalue weighted by Crippen LogP contribution is -2.42. The number of likely N-dealkylation sites (N-methyl/N-ethyl adjacent to an activating group) is 1. The van der Waals surface area contributed by atoms with E-state index < -0.39 is 0 Å². The number of nitrogens with zero attached hydrogens (tertiary/aromatic N) is 3. The maximum Gasteiger partial charge on any atom is 0.327 e. The van der Waals surface area contributed by atoms with Crippen molar-refractivity contribution < 1.29 is 14.4 Å². The molecule has 0 radical (unpaired) electrons. The summed E-state index contributed by atoms with van der Waals surface area (Å²) < 4.78 is 0. The number of hydrogen-bond donors (Lipinski definition) is 0. The van der Waals surface area contributed by atoms with E-state index in [2.05, 4.69) is 0 Å². The van der Waals surface area contributed by atoms with Crippen molar-refractivity contribution in [3.63, 3.8) is 0 Å². The maximum atomic E-state index is 12.4. The fraction of sp³-hybridized carbons (Fsp3) is 0.471. The van der Waals surface area contributed by atoms with Crippen molar-refractivity contribution in [3.8, 4) is 0 Å². The molecule has 3 rings (SSSR count). The van der Waals surface area contributed by atoms with Crippen molar-refractivity contribution in [2.24, 2.45) is 0 Å². The molecule has 1 heterocycles. The van der Waals surface area contributed by atoms with E-state index in [9.17, 15) is 14.4 Å². The molecule has 2 aliphatic rings. The zero-order valence-electron chi connectivity index (χ0n) is 13.5. The summed E-state index contributed by atoms with van der Waals surface area (Å²) in [5.41, 5.74) is 2.17. The first-order valence-corrected chi connectivity index (χ1v) is 7.87. The second-order valence-electron chi connectivity index (χ2n) is 6.30. The molecule has 122 valence electrons. The van der Waals surface area contributed by atoms with Gasteiger partial charge in [-0.3, -0.25) is 14.5 Å². The van der Waals surface area contributed by atoms with Gasteiger partial charge in [0.05, 0.1) is 0 Å². The highest BCUT2D eigenvalue weighted by molar-refractivity contribution is 6.04. The molecule has 0 unspecified atom stereocenters. The van der Waals surface area contributed by atoms with Crippen LogP contribution in [0.5, 0.6) is 0 Å². The Labute approximate surface area is 135 Å². The van der Waals surface area contributed by atoms with Gasteiger partial charge in [-0.05, 0) is 30.9 Å². The molecule has 1 aliphatic carbocycles. The Kier molecular flexibility index (Phi) is 4.07. The van der Waals surface area contributed by atoms with Crippen LogP contribution in [0.15, 0.2) is 24.3 Å². The van der Waals surface area contributed by atoms with Crippen LogP contribution in [0.1, 0.15) is 24.0 Å². The molecule has 1 aromatic carbocycles. The second kappa shape index (κ2) is 6.02. The highest BCUT2D eigenvalue weighted by Gasteiger charge is 2.44. The van der Waals surface area contributed by atoms with E-state index >= 15 is 0 Å². The molecule has 1 aromatic rings. The number of imide groups is 1. The van der Waals surface area contributed by atoms with Crippen LogP contribution in [0.25, 0.3) is 0 Å². The van der Waals surface area contributed by atoms with Crippen LogP contribution in [0.3, 0.4) is 0 Å². The van der Waals surface area contributed by atoms with E-state index in [1.165, 1.54) is 0 Å². The number of rotatable bonds is 5. The molecule has 0 spiro atoms. The van der Waals surface area contributed by atoms with E-state index in [1.54, 1.807) is 16.8 Å². The summed E-state index contributed by atoms with van der Waals surface area (Å²) in [5.74, 6) is -0.507. The van der Waals surface area contributed by atoms with Gasteiger partial charge in [-0.15, -0.1) is 0 Å². The molecule has 0 aromatic heterocycles. The molecule has 4 amide bonds. The number of carbonyl (C=O) groups is 3. The fourth-order valence-electron chi connectivity index (χ4n) is 2.77. The van der Waals surface area contributed by atoms with Gasteiger partial charge in [0.2, 0.25) is 5.91 Å². The van der Waals surface area contributed by atoms with E-state index in [0.29, 0.717) is 6.54 Å². The van der Waals surface area contributed by atoms with Crippen molar-refractivity contribution >= 4 is 17.8 Å². The molecule has 2 fully saturated rings. The maximum absolute atomic E-state index is 12.4. The molecule has 6 nitrogen and oxygen atoms in total. The molecule has 1 aliphatic heterocycles. The van der Waals surface area contributed by atoms with Gasteiger partial charge in [0.15, 0.2) is 0 Å². The van der Waals surface area contributed by atoms with Gasteiger partial charge in [-0.25, -0.2) is 4.79 Å². The van der Waals surface area contributed by atoms with Gasteiger partial charge in [0.25, 0.3) is 5.91 Å². The summed E-state index contributed by atoms with van der Waals surface area (Å²) in [6.07, 6.45) is 1.90. The van der Waals surface area contributed by atoms with E-state index in [4.69, 9.17) is 0 Å². The predicted octanol–water partition coefficient (Wildman–Crippen LogP) is 1.38. The summed E-state index contributed by atoms with van der Waals surface area (Å²) in [5, 5.41) is 0. The lowest BCUT2D eigenvalue weighted by atomic mass is 10.1.